The summed E-state index contributed by atoms with van der Waals surface area (Å²) in [7, 11) is 1.04. The van der Waals surface area contributed by atoms with Gasteiger partial charge in [-0.2, -0.15) is 8.42 Å². The Balaban J connectivity index is 2.11. The summed E-state index contributed by atoms with van der Waals surface area (Å²) < 4.78 is 37.2. The van der Waals surface area contributed by atoms with Gasteiger partial charge >= 0.3 is 0 Å². The zero-order valence-corrected chi connectivity index (χ0v) is 15.9. The lowest BCUT2D eigenvalue weighted by Gasteiger charge is -2.16. The quantitative estimate of drug-likeness (QED) is 0.513. The Kier molecular flexibility index (Phi) is 5.11. The number of azo groups is 1. The van der Waals surface area contributed by atoms with E-state index in [1.807, 2.05) is 55.4 Å². The van der Waals surface area contributed by atoms with Crippen molar-refractivity contribution >= 4 is 38.0 Å². The van der Waals surface area contributed by atoms with Gasteiger partial charge in [0.1, 0.15) is 11.4 Å². The van der Waals surface area contributed by atoms with Gasteiger partial charge in [0.25, 0.3) is 10.1 Å². The molecule has 0 radical (unpaired) electrons. The van der Waals surface area contributed by atoms with Gasteiger partial charge < -0.3 is 9.64 Å². The van der Waals surface area contributed by atoms with Crippen LogP contribution in [0.2, 0.25) is 0 Å². The number of methoxy groups -OCH3 is 1. The highest BCUT2D eigenvalue weighted by molar-refractivity contribution is 7.85. The minimum atomic E-state index is -4.35. The predicted octanol–water partition coefficient (Wildman–Crippen LogP) is 4.58. The Morgan fingerprint density at radius 1 is 0.926 bits per heavy atom. The van der Waals surface area contributed by atoms with Crippen molar-refractivity contribution in [3.8, 4) is 5.75 Å². The second-order valence-electron chi connectivity index (χ2n) is 6.05. The largest absolute Gasteiger partial charge is 0.494 e. The molecule has 8 heteroatoms. The minimum Gasteiger partial charge on any atom is -0.494 e. The van der Waals surface area contributed by atoms with Gasteiger partial charge in [-0.15, -0.1) is 10.2 Å². The molecule has 0 aliphatic heterocycles. The molecule has 0 fully saturated rings. The molecule has 27 heavy (non-hydrogen) atoms. The normalized spacial score (nSPS) is 11.9. The first-order chi connectivity index (χ1) is 12.8. The fraction of sp³-hybridized carbons (Fsp3) is 0.158. The number of fused-ring (bicyclic) bond motifs is 1. The molecular formula is C19H19N3O4S. The third-order valence-electron chi connectivity index (χ3n) is 4.07. The van der Waals surface area contributed by atoms with E-state index in [1.165, 1.54) is 25.3 Å². The molecule has 0 heterocycles. The molecule has 1 N–H and O–H groups in total. The summed E-state index contributed by atoms with van der Waals surface area (Å²) >= 11 is 0. The van der Waals surface area contributed by atoms with Crippen LogP contribution in [-0.2, 0) is 10.1 Å². The summed E-state index contributed by atoms with van der Waals surface area (Å²) in [5, 5.41) is 10.4. The zero-order chi connectivity index (χ0) is 19.6. The third-order valence-corrected chi connectivity index (χ3v) is 4.92. The fourth-order valence-corrected chi connectivity index (χ4v) is 3.26. The van der Waals surface area contributed by atoms with Crippen LogP contribution in [0.25, 0.3) is 10.8 Å². The molecule has 0 atom stereocenters. The first-order valence-electron chi connectivity index (χ1n) is 8.07. The molecule has 0 amide bonds. The molecule has 0 aromatic heterocycles. The molecule has 0 aliphatic rings. The monoisotopic (exact) mass is 385 g/mol. The molecule has 0 saturated carbocycles. The van der Waals surface area contributed by atoms with E-state index >= 15 is 0 Å². The molecule has 7 nitrogen and oxygen atoms in total. The molecule has 140 valence electrons. The lowest BCUT2D eigenvalue weighted by atomic mass is 10.1. The lowest BCUT2D eigenvalue weighted by molar-refractivity contribution is 0.415. The smallest absolute Gasteiger partial charge is 0.294 e. The molecule has 0 spiro atoms. The maximum absolute atomic E-state index is 11.4. The first-order valence-corrected chi connectivity index (χ1v) is 9.51. The van der Waals surface area contributed by atoms with Gasteiger partial charge in [0.15, 0.2) is 0 Å². The van der Waals surface area contributed by atoms with E-state index in [2.05, 4.69) is 10.2 Å². The van der Waals surface area contributed by atoms with Crippen LogP contribution < -0.4 is 9.64 Å². The number of nitrogens with zero attached hydrogens (tertiary/aromatic N) is 3. The molecular weight excluding hydrogens is 366 g/mol. The van der Waals surface area contributed by atoms with Crippen molar-refractivity contribution in [2.45, 2.75) is 4.90 Å². The van der Waals surface area contributed by atoms with Gasteiger partial charge in [-0.05, 0) is 30.3 Å². The summed E-state index contributed by atoms with van der Waals surface area (Å²) in [6, 6.07) is 15.5. The number of anilines is 1. The Labute approximate surface area is 157 Å². The number of rotatable bonds is 5. The molecule has 0 saturated heterocycles. The molecule has 3 rings (SSSR count). The average molecular weight is 385 g/mol. The Morgan fingerprint density at radius 3 is 2.22 bits per heavy atom. The average Bonchev–Trinajstić information content (AvgIpc) is 2.64. The summed E-state index contributed by atoms with van der Waals surface area (Å²) in [5.74, 6) is 0.348. The zero-order valence-electron chi connectivity index (χ0n) is 15.1. The first kappa shape index (κ1) is 18.8. The number of hydrogen-bond acceptors (Lipinski definition) is 6. The van der Waals surface area contributed by atoms with Crippen LogP contribution in [-0.4, -0.2) is 34.2 Å². The van der Waals surface area contributed by atoms with Crippen molar-refractivity contribution < 1.29 is 17.7 Å². The second kappa shape index (κ2) is 7.34. The molecule has 3 aromatic rings. The van der Waals surface area contributed by atoms with Gasteiger partial charge in [0.2, 0.25) is 0 Å². The maximum Gasteiger partial charge on any atom is 0.294 e. The highest BCUT2D eigenvalue weighted by Gasteiger charge is 2.13. The van der Waals surface area contributed by atoms with Gasteiger partial charge in [0.05, 0.1) is 17.7 Å². The molecule has 0 aliphatic carbocycles. The van der Waals surface area contributed by atoms with E-state index < -0.39 is 10.1 Å². The van der Waals surface area contributed by atoms with Crippen LogP contribution in [0.15, 0.2) is 69.7 Å². The summed E-state index contributed by atoms with van der Waals surface area (Å²) in [4.78, 5) is 1.74. The van der Waals surface area contributed by atoms with Crippen LogP contribution in [0.4, 0.5) is 17.1 Å². The van der Waals surface area contributed by atoms with Crippen LogP contribution >= 0.6 is 0 Å². The summed E-state index contributed by atoms with van der Waals surface area (Å²) in [6.07, 6.45) is 0. The Hall–Kier alpha value is -2.97. The lowest BCUT2D eigenvalue weighted by Crippen LogP contribution is -2.08. The SMILES string of the molecule is COc1ccc(S(=O)(=O)O)cc1N=Nc1ccc(N(C)C)c2ccccc12. The van der Waals surface area contributed by atoms with Crippen LogP contribution in [0.3, 0.4) is 0 Å². The molecule has 0 bridgehead atoms. The Morgan fingerprint density at radius 2 is 1.59 bits per heavy atom. The van der Waals surface area contributed by atoms with E-state index in [0.29, 0.717) is 11.4 Å². The Bertz CT molecular complexity index is 1130. The van der Waals surface area contributed by atoms with Crippen molar-refractivity contribution in [1.82, 2.24) is 0 Å². The van der Waals surface area contributed by atoms with E-state index in [1.54, 1.807) is 0 Å². The van der Waals surface area contributed by atoms with Crippen molar-refractivity contribution in [2.24, 2.45) is 10.2 Å². The minimum absolute atomic E-state index is 0.202. The topological polar surface area (TPSA) is 91.6 Å². The number of ether oxygens (including phenoxy) is 1. The van der Waals surface area contributed by atoms with Crippen molar-refractivity contribution in [2.75, 3.05) is 26.1 Å². The third kappa shape index (κ3) is 3.91. The van der Waals surface area contributed by atoms with E-state index in [-0.39, 0.29) is 10.6 Å². The predicted molar refractivity (Wildman–Crippen MR) is 105 cm³/mol. The summed E-state index contributed by atoms with van der Waals surface area (Å²) in [5.41, 5.74) is 1.89. The number of hydrogen-bond donors (Lipinski definition) is 1. The van der Waals surface area contributed by atoms with E-state index in [0.717, 1.165) is 16.5 Å². The van der Waals surface area contributed by atoms with E-state index in [4.69, 9.17) is 4.74 Å². The maximum atomic E-state index is 11.4. The van der Waals surface area contributed by atoms with Gasteiger partial charge in [-0.25, -0.2) is 0 Å². The fourth-order valence-electron chi connectivity index (χ4n) is 2.76. The van der Waals surface area contributed by atoms with Gasteiger partial charge in [-0.1, -0.05) is 24.3 Å². The van der Waals surface area contributed by atoms with Gasteiger partial charge in [0, 0.05) is 30.6 Å². The molecule has 3 aromatic carbocycles. The van der Waals surface area contributed by atoms with Crippen LogP contribution in [0.1, 0.15) is 0 Å². The van der Waals surface area contributed by atoms with Crippen molar-refractivity contribution in [3.63, 3.8) is 0 Å². The van der Waals surface area contributed by atoms with Gasteiger partial charge in [-0.3, -0.25) is 4.55 Å². The number of benzene rings is 3. The highest BCUT2D eigenvalue weighted by atomic mass is 32.2. The highest BCUT2D eigenvalue weighted by Crippen LogP contribution is 2.36. The van der Waals surface area contributed by atoms with Crippen molar-refractivity contribution in [3.05, 3.63) is 54.6 Å². The van der Waals surface area contributed by atoms with Crippen LogP contribution in [0.5, 0.6) is 5.75 Å². The standard InChI is InChI=1S/C19H19N3O4S/c1-22(2)18-10-9-16(14-6-4-5-7-15(14)18)20-21-17-12-13(27(23,24)25)8-11-19(17)26-3/h4-12H,1-3H3,(H,23,24,25). The van der Waals surface area contributed by atoms with Crippen LogP contribution in [0, 0.1) is 0 Å². The van der Waals surface area contributed by atoms with E-state index in [9.17, 15) is 13.0 Å². The van der Waals surface area contributed by atoms with Crippen molar-refractivity contribution in [1.29, 1.82) is 0 Å². The second-order valence-corrected chi connectivity index (χ2v) is 7.47. The summed E-state index contributed by atoms with van der Waals surface area (Å²) in [6.45, 7) is 0. The molecule has 0 unspecified atom stereocenters.